The number of hydrogen-bond donors (Lipinski definition) is 2. The van der Waals surface area contributed by atoms with E-state index in [0.29, 0.717) is 6.04 Å². The Bertz CT molecular complexity index is 869. The average molecular weight is 387 g/mol. The van der Waals surface area contributed by atoms with Gasteiger partial charge >= 0.3 is 0 Å². The Balaban J connectivity index is 1.64. The normalized spacial score (nSPS) is 18.5. The van der Waals surface area contributed by atoms with Crippen LogP contribution in [0.4, 0.5) is 4.39 Å². The summed E-state index contributed by atoms with van der Waals surface area (Å²) in [6, 6.07) is 13.7. The summed E-state index contributed by atoms with van der Waals surface area (Å²) in [6.45, 7) is 2.14. The largest absolute Gasteiger partial charge is 0.357 e. The van der Waals surface area contributed by atoms with Gasteiger partial charge < -0.3 is 10.3 Å². The molecule has 2 N–H and O–H groups in total. The Hall–Kier alpha value is -1.65. The maximum Gasteiger partial charge on any atom is 0.123 e. The first kappa shape index (κ1) is 15.9. The Labute approximate surface area is 149 Å². The molecule has 1 aliphatic carbocycles. The molecular formula is C20H20BrFN2. The molecule has 4 heteroatoms. The molecule has 0 bridgehead atoms. The van der Waals surface area contributed by atoms with Gasteiger partial charge in [-0.1, -0.05) is 28.1 Å². The summed E-state index contributed by atoms with van der Waals surface area (Å²) in [6.07, 6.45) is 3.42. The van der Waals surface area contributed by atoms with Crippen LogP contribution < -0.4 is 5.32 Å². The zero-order valence-corrected chi connectivity index (χ0v) is 15.2. The molecular weight excluding hydrogens is 367 g/mol. The third-order valence-corrected chi connectivity index (χ3v) is 5.48. The molecule has 0 radical (unpaired) electrons. The highest BCUT2D eigenvalue weighted by molar-refractivity contribution is 9.10. The average Bonchev–Trinajstić information content (AvgIpc) is 2.94. The molecule has 0 saturated heterocycles. The minimum atomic E-state index is -0.188. The van der Waals surface area contributed by atoms with Crippen molar-refractivity contribution in [2.75, 3.05) is 0 Å². The van der Waals surface area contributed by atoms with Crippen molar-refractivity contribution in [2.45, 2.75) is 38.3 Å². The lowest BCUT2D eigenvalue weighted by Crippen LogP contribution is -2.27. The van der Waals surface area contributed by atoms with Gasteiger partial charge in [0.2, 0.25) is 0 Å². The summed E-state index contributed by atoms with van der Waals surface area (Å²) < 4.78 is 14.2. The van der Waals surface area contributed by atoms with Crippen LogP contribution in [0, 0.1) is 5.82 Å². The number of rotatable bonds is 3. The fraction of sp³-hybridized carbons (Fsp3) is 0.300. The SMILES string of the molecule is CC(NC1CCCc2c1[nH]c1ccc(Br)cc21)c1ccc(F)cc1. The van der Waals surface area contributed by atoms with Gasteiger partial charge in [0.1, 0.15) is 5.82 Å². The van der Waals surface area contributed by atoms with E-state index in [-0.39, 0.29) is 11.9 Å². The van der Waals surface area contributed by atoms with Gasteiger partial charge in [-0.15, -0.1) is 0 Å². The van der Waals surface area contributed by atoms with E-state index in [1.54, 1.807) is 0 Å². The summed E-state index contributed by atoms with van der Waals surface area (Å²) in [5.74, 6) is -0.188. The predicted octanol–water partition coefficient (Wildman–Crippen LogP) is 5.80. The van der Waals surface area contributed by atoms with Gasteiger partial charge in [0, 0.05) is 33.2 Å². The van der Waals surface area contributed by atoms with Crippen LogP contribution in [0.3, 0.4) is 0 Å². The number of benzene rings is 2. The minimum absolute atomic E-state index is 0.180. The number of aryl methyl sites for hydroxylation is 1. The van der Waals surface area contributed by atoms with Crippen molar-refractivity contribution in [1.29, 1.82) is 0 Å². The molecule has 0 amide bonds. The Kier molecular flexibility index (Phi) is 4.19. The Morgan fingerprint density at radius 1 is 1.21 bits per heavy atom. The molecule has 124 valence electrons. The van der Waals surface area contributed by atoms with E-state index in [9.17, 15) is 4.39 Å². The second kappa shape index (κ2) is 6.34. The van der Waals surface area contributed by atoms with Gasteiger partial charge in [-0.05, 0) is 67.6 Å². The summed E-state index contributed by atoms with van der Waals surface area (Å²) >= 11 is 3.58. The van der Waals surface area contributed by atoms with Crippen molar-refractivity contribution < 1.29 is 4.39 Å². The van der Waals surface area contributed by atoms with E-state index in [4.69, 9.17) is 0 Å². The smallest absolute Gasteiger partial charge is 0.123 e. The molecule has 1 heterocycles. The van der Waals surface area contributed by atoms with E-state index in [2.05, 4.69) is 51.4 Å². The van der Waals surface area contributed by atoms with E-state index < -0.39 is 0 Å². The van der Waals surface area contributed by atoms with Crippen LogP contribution >= 0.6 is 15.9 Å². The fourth-order valence-corrected chi connectivity index (χ4v) is 4.11. The molecule has 0 aliphatic heterocycles. The number of H-pyrrole nitrogens is 1. The van der Waals surface area contributed by atoms with Crippen LogP contribution in [0.5, 0.6) is 0 Å². The number of aromatic nitrogens is 1. The monoisotopic (exact) mass is 386 g/mol. The second-order valence-electron chi connectivity index (χ2n) is 6.59. The summed E-state index contributed by atoms with van der Waals surface area (Å²) in [5.41, 5.74) is 5.05. The highest BCUT2D eigenvalue weighted by atomic mass is 79.9. The van der Waals surface area contributed by atoms with Gasteiger partial charge in [-0.3, -0.25) is 0 Å². The first-order chi connectivity index (χ1) is 11.6. The number of halogens is 2. The predicted molar refractivity (Wildman–Crippen MR) is 99.6 cm³/mol. The number of fused-ring (bicyclic) bond motifs is 3. The quantitative estimate of drug-likeness (QED) is 0.584. The van der Waals surface area contributed by atoms with Crippen molar-refractivity contribution in [3.05, 3.63) is 69.6 Å². The van der Waals surface area contributed by atoms with Gasteiger partial charge in [0.15, 0.2) is 0 Å². The van der Waals surface area contributed by atoms with E-state index in [1.807, 2.05) is 12.1 Å². The van der Waals surface area contributed by atoms with Gasteiger partial charge in [0.25, 0.3) is 0 Å². The summed E-state index contributed by atoms with van der Waals surface area (Å²) in [7, 11) is 0. The lowest BCUT2D eigenvalue weighted by atomic mass is 9.91. The molecule has 24 heavy (non-hydrogen) atoms. The molecule has 2 unspecified atom stereocenters. The molecule has 0 spiro atoms. The standard InChI is InChI=1S/C20H20BrFN2/c1-12(13-5-8-15(22)9-6-13)23-19-4-2-3-16-17-11-14(21)7-10-18(17)24-20(16)19/h5-12,19,23-24H,2-4H2,1H3. The van der Waals surface area contributed by atoms with Crippen molar-refractivity contribution in [3.8, 4) is 0 Å². The molecule has 3 aromatic rings. The van der Waals surface area contributed by atoms with Crippen molar-refractivity contribution >= 4 is 26.8 Å². The summed E-state index contributed by atoms with van der Waals surface area (Å²) in [4.78, 5) is 3.62. The number of nitrogens with one attached hydrogen (secondary N) is 2. The maximum atomic E-state index is 13.1. The molecule has 2 atom stereocenters. The molecule has 1 aliphatic rings. The minimum Gasteiger partial charge on any atom is -0.357 e. The summed E-state index contributed by atoms with van der Waals surface area (Å²) in [5, 5.41) is 5.04. The molecule has 2 nitrogen and oxygen atoms in total. The molecule has 2 aromatic carbocycles. The van der Waals surface area contributed by atoms with Gasteiger partial charge in [-0.25, -0.2) is 4.39 Å². The Morgan fingerprint density at radius 2 is 2.00 bits per heavy atom. The molecule has 0 saturated carbocycles. The van der Waals surface area contributed by atoms with Gasteiger partial charge in [-0.2, -0.15) is 0 Å². The maximum absolute atomic E-state index is 13.1. The van der Waals surface area contributed by atoms with E-state index >= 15 is 0 Å². The highest BCUT2D eigenvalue weighted by Gasteiger charge is 2.25. The number of hydrogen-bond acceptors (Lipinski definition) is 1. The third kappa shape index (κ3) is 2.89. The zero-order valence-electron chi connectivity index (χ0n) is 13.6. The first-order valence-corrected chi connectivity index (χ1v) is 9.22. The fourth-order valence-electron chi connectivity index (χ4n) is 3.75. The molecule has 0 fully saturated rings. The zero-order chi connectivity index (χ0) is 16.7. The lowest BCUT2D eigenvalue weighted by Gasteiger charge is -2.27. The van der Waals surface area contributed by atoms with Crippen LogP contribution in [0.15, 0.2) is 46.9 Å². The van der Waals surface area contributed by atoms with Crippen LogP contribution in [0.2, 0.25) is 0 Å². The second-order valence-corrected chi connectivity index (χ2v) is 7.51. The van der Waals surface area contributed by atoms with Crippen molar-refractivity contribution in [3.63, 3.8) is 0 Å². The first-order valence-electron chi connectivity index (χ1n) is 8.43. The van der Waals surface area contributed by atoms with E-state index in [0.717, 1.165) is 22.9 Å². The Morgan fingerprint density at radius 3 is 2.79 bits per heavy atom. The van der Waals surface area contributed by atoms with Crippen LogP contribution in [0.25, 0.3) is 10.9 Å². The van der Waals surface area contributed by atoms with Crippen LogP contribution in [-0.4, -0.2) is 4.98 Å². The lowest BCUT2D eigenvalue weighted by molar-refractivity contribution is 0.410. The third-order valence-electron chi connectivity index (χ3n) is 4.99. The van der Waals surface area contributed by atoms with Gasteiger partial charge in [0.05, 0.1) is 0 Å². The van der Waals surface area contributed by atoms with Crippen molar-refractivity contribution in [2.24, 2.45) is 0 Å². The highest BCUT2D eigenvalue weighted by Crippen LogP contribution is 2.36. The van der Waals surface area contributed by atoms with Crippen molar-refractivity contribution in [1.82, 2.24) is 10.3 Å². The molecule has 1 aromatic heterocycles. The van der Waals surface area contributed by atoms with Crippen LogP contribution in [0.1, 0.15) is 48.7 Å². The van der Waals surface area contributed by atoms with E-state index in [1.165, 1.54) is 40.7 Å². The number of aromatic amines is 1. The topological polar surface area (TPSA) is 27.8 Å². The van der Waals surface area contributed by atoms with Crippen LogP contribution in [-0.2, 0) is 6.42 Å². The molecule has 4 rings (SSSR count).